The maximum absolute atomic E-state index is 10.9. The average molecular weight is 236 g/mol. The molecule has 0 amide bonds. The first-order valence-corrected chi connectivity index (χ1v) is 6.16. The standard InChI is InChI=1S/C6H8N2O4S2/c7-14(11,12)6-3-1-2-5(4-6)8-13(9)10/h1-4,13H,(H2,7,11,12)(H,8,9,10). The molecule has 14 heavy (non-hydrogen) atoms. The summed E-state index contributed by atoms with van der Waals surface area (Å²) in [5.74, 6) is 0. The molecule has 1 rings (SSSR count). The van der Waals surface area contributed by atoms with Gasteiger partial charge in [0, 0.05) is 5.69 Å². The molecule has 0 aliphatic rings. The third kappa shape index (κ3) is 2.98. The summed E-state index contributed by atoms with van der Waals surface area (Å²) in [5.41, 5.74) is 0.160. The van der Waals surface area contributed by atoms with Crippen LogP contribution >= 0.6 is 0 Å². The van der Waals surface area contributed by atoms with Gasteiger partial charge in [-0.05, 0) is 18.2 Å². The van der Waals surface area contributed by atoms with Crippen LogP contribution in [-0.2, 0) is 20.9 Å². The van der Waals surface area contributed by atoms with E-state index >= 15 is 0 Å². The van der Waals surface area contributed by atoms with Crippen LogP contribution in [0.25, 0.3) is 0 Å². The van der Waals surface area contributed by atoms with Gasteiger partial charge in [-0.2, -0.15) is 0 Å². The zero-order valence-electron chi connectivity index (χ0n) is 6.88. The quantitative estimate of drug-likeness (QED) is 0.601. The second-order valence-electron chi connectivity index (χ2n) is 2.44. The number of thiol groups is 1. The Morgan fingerprint density at radius 3 is 2.43 bits per heavy atom. The number of sulfonamides is 1. The molecule has 0 aliphatic heterocycles. The molecule has 8 heteroatoms. The van der Waals surface area contributed by atoms with Gasteiger partial charge in [0.2, 0.25) is 20.9 Å². The number of hydrogen-bond acceptors (Lipinski definition) is 4. The molecule has 3 N–H and O–H groups in total. The van der Waals surface area contributed by atoms with E-state index < -0.39 is 20.9 Å². The first-order chi connectivity index (χ1) is 6.39. The second kappa shape index (κ2) is 3.95. The van der Waals surface area contributed by atoms with Crippen molar-refractivity contribution in [2.45, 2.75) is 4.90 Å². The van der Waals surface area contributed by atoms with Crippen LogP contribution in [0.4, 0.5) is 5.69 Å². The lowest BCUT2D eigenvalue weighted by atomic mass is 10.3. The molecule has 0 radical (unpaired) electrons. The zero-order valence-corrected chi connectivity index (χ0v) is 8.59. The Morgan fingerprint density at radius 1 is 1.29 bits per heavy atom. The number of nitrogens with one attached hydrogen (secondary N) is 1. The minimum Gasteiger partial charge on any atom is -0.286 e. The molecule has 0 atom stereocenters. The molecule has 0 saturated carbocycles. The topological polar surface area (TPSA) is 106 Å². The lowest BCUT2D eigenvalue weighted by Gasteiger charge is -2.01. The normalized spacial score (nSPS) is 11.6. The predicted octanol–water partition coefficient (Wildman–Crippen LogP) is -0.728. The highest BCUT2D eigenvalue weighted by Gasteiger charge is 2.07. The summed E-state index contributed by atoms with van der Waals surface area (Å²) in [6.45, 7) is 0. The molecule has 0 aliphatic carbocycles. The number of rotatable bonds is 3. The molecule has 6 nitrogen and oxygen atoms in total. The van der Waals surface area contributed by atoms with E-state index in [9.17, 15) is 16.8 Å². The minimum atomic E-state index is -3.80. The molecule has 0 spiro atoms. The third-order valence-corrected chi connectivity index (χ3v) is 2.73. The van der Waals surface area contributed by atoms with Crippen molar-refractivity contribution in [2.75, 3.05) is 4.72 Å². The first kappa shape index (κ1) is 11.0. The number of anilines is 1. The van der Waals surface area contributed by atoms with Crippen LogP contribution in [0.5, 0.6) is 0 Å². The van der Waals surface area contributed by atoms with Gasteiger partial charge in [0.25, 0.3) is 0 Å². The van der Waals surface area contributed by atoms with Crippen molar-refractivity contribution in [3.8, 4) is 0 Å². The van der Waals surface area contributed by atoms with Crippen LogP contribution in [0.15, 0.2) is 29.2 Å². The Morgan fingerprint density at radius 2 is 1.93 bits per heavy atom. The molecule has 78 valence electrons. The van der Waals surface area contributed by atoms with Crippen LogP contribution in [-0.4, -0.2) is 16.8 Å². The summed E-state index contributed by atoms with van der Waals surface area (Å²) < 4.78 is 44.3. The summed E-state index contributed by atoms with van der Waals surface area (Å²) >= 11 is 0. The predicted molar refractivity (Wildman–Crippen MR) is 51.8 cm³/mol. The van der Waals surface area contributed by atoms with Crippen molar-refractivity contribution in [3.05, 3.63) is 24.3 Å². The minimum absolute atomic E-state index is 0.139. The maximum Gasteiger partial charge on any atom is 0.238 e. The number of hydrogen-bond donors (Lipinski definition) is 3. The van der Waals surface area contributed by atoms with Gasteiger partial charge in [0.05, 0.1) is 4.90 Å². The van der Waals surface area contributed by atoms with E-state index in [1.54, 1.807) is 0 Å². The van der Waals surface area contributed by atoms with Gasteiger partial charge >= 0.3 is 0 Å². The highest BCUT2D eigenvalue weighted by atomic mass is 32.2. The Balaban J connectivity index is 3.14. The van der Waals surface area contributed by atoms with Crippen LogP contribution < -0.4 is 9.86 Å². The van der Waals surface area contributed by atoms with Gasteiger partial charge < -0.3 is 0 Å². The number of primary sulfonamides is 1. The van der Waals surface area contributed by atoms with Crippen LogP contribution in [0.1, 0.15) is 0 Å². The van der Waals surface area contributed by atoms with Gasteiger partial charge in [0.1, 0.15) is 0 Å². The lowest BCUT2D eigenvalue weighted by molar-refractivity contribution is 0.597. The Labute approximate surface area is 82.9 Å². The molecule has 0 unspecified atom stereocenters. The number of nitrogens with two attached hydrogens (primary N) is 1. The van der Waals surface area contributed by atoms with Crippen LogP contribution in [0.2, 0.25) is 0 Å². The summed E-state index contributed by atoms with van der Waals surface area (Å²) in [5, 5.41) is 4.85. The molecule has 1 aromatic rings. The smallest absolute Gasteiger partial charge is 0.238 e. The Kier molecular flexibility index (Phi) is 3.09. The zero-order chi connectivity index (χ0) is 10.8. The molecular weight excluding hydrogens is 228 g/mol. The molecule has 1 aromatic carbocycles. The molecule has 0 saturated heterocycles. The SMILES string of the molecule is NS(=O)(=O)c1cccc(N[SH](=O)=O)c1. The van der Waals surface area contributed by atoms with Crippen molar-refractivity contribution in [1.82, 2.24) is 0 Å². The van der Waals surface area contributed by atoms with E-state index in [-0.39, 0.29) is 10.6 Å². The van der Waals surface area contributed by atoms with E-state index in [1.807, 2.05) is 0 Å². The lowest BCUT2D eigenvalue weighted by Crippen LogP contribution is -2.12. The van der Waals surface area contributed by atoms with Gasteiger partial charge in [0.15, 0.2) is 0 Å². The average Bonchev–Trinajstić information content (AvgIpc) is 2.01. The maximum atomic E-state index is 10.9. The second-order valence-corrected chi connectivity index (χ2v) is 4.74. The van der Waals surface area contributed by atoms with Crippen molar-refractivity contribution < 1.29 is 16.8 Å². The molecule has 0 heterocycles. The van der Waals surface area contributed by atoms with Gasteiger partial charge in [-0.1, -0.05) is 6.07 Å². The monoisotopic (exact) mass is 236 g/mol. The van der Waals surface area contributed by atoms with E-state index in [0.717, 1.165) is 6.07 Å². The summed E-state index contributed by atoms with van der Waals surface area (Å²) in [6.07, 6.45) is 0. The first-order valence-electron chi connectivity index (χ1n) is 3.43. The largest absolute Gasteiger partial charge is 0.286 e. The van der Waals surface area contributed by atoms with Crippen molar-refractivity contribution in [1.29, 1.82) is 0 Å². The highest BCUT2D eigenvalue weighted by Crippen LogP contribution is 2.13. The number of benzene rings is 1. The molecule has 0 bridgehead atoms. The van der Waals surface area contributed by atoms with Gasteiger partial charge in [-0.3, -0.25) is 4.72 Å². The molecule has 0 fully saturated rings. The van der Waals surface area contributed by atoms with Crippen molar-refractivity contribution >= 4 is 26.6 Å². The fourth-order valence-electron chi connectivity index (χ4n) is 0.848. The van der Waals surface area contributed by atoms with Crippen LogP contribution in [0.3, 0.4) is 0 Å². The fourth-order valence-corrected chi connectivity index (χ4v) is 1.76. The Bertz CT molecular complexity index is 498. The van der Waals surface area contributed by atoms with Crippen LogP contribution in [0, 0.1) is 0 Å². The van der Waals surface area contributed by atoms with E-state index in [2.05, 4.69) is 4.72 Å². The van der Waals surface area contributed by atoms with Crippen molar-refractivity contribution in [3.63, 3.8) is 0 Å². The van der Waals surface area contributed by atoms with Gasteiger partial charge in [-0.25, -0.2) is 22.0 Å². The summed E-state index contributed by atoms with van der Waals surface area (Å²) in [6, 6.07) is 5.22. The molecule has 0 aromatic heterocycles. The van der Waals surface area contributed by atoms with E-state index in [0.29, 0.717) is 0 Å². The third-order valence-electron chi connectivity index (χ3n) is 1.38. The van der Waals surface area contributed by atoms with E-state index in [4.69, 9.17) is 5.14 Å². The fraction of sp³-hybridized carbons (Fsp3) is 0. The van der Waals surface area contributed by atoms with E-state index in [1.165, 1.54) is 18.2 Å². The Hall–Kier alpha value is -1.12. The van der Waals surface area contributed by atoms with Crippen molar-refractivity contribution in [2.24, 2.45) is 5.14 Å². The highest BCUT2D eigenvalue weighted by molar-refractivity contribution is 7.89. The summed E-state index contributed by atoms with van der Waals surface area (Å²) in [7, 11) is -6.61. The molecular formula is C6H8N2O4S2. The summed E-state index contributed by atoms with van der Waals surface area (Å²) in [4.78, 5) is -0.139. The van der Waals surface area contributed by atoms with Gasteiger partial charge in [-0.15, -0.1) is 0 Å².